The molecular formula is C22H26F3N5. The molecule has 0 spiro atoms. The van der Waals surface area contributed by atoms with Crippen LogP contribution in [0.1, 0.15) is 19.8 Å². The highest BCUT2D eigenvalue weighted by Gasteiger charge is 2.41. The second kappa shape index (κ2) is 8.08. The Morgan fingerprint density at radius 2 is 1.70 bits per heavy atom. The molecule has 0 saturated carbocycles. The summed E-state index contributed by atoms with van der Waals surface area (Å²) < 4.78 is 40.6. The normalized spacial score (nSPS) is 15.6. The van der Waals surface area contributed by atoms with Crippen molar-refractivity contribution in [1.82, 2.24) is 9.55 Å². The van der Waals surface area contributed by atoms with E-state index < -0.39 is 12.1 Å². The molecule has 0 bridgehead atoms. The number of piperidine rings is 1. The highest BCUT2D eigenvalue weighted by molar-refractivity contribution is 5.83. The van der Waals surface area contributed by atoms with Crippen molar-refractivity contribution >= 4 is 34.0 Å². The summed E-state index contributed by atoms with van der Waals surface area (Å²) in [7, 11) is 1.98. The average molecular weight is 417 g/mol. The van der Waals surface area contributed by atoms with Crippen LogP contribution in [-0.4, -0.2) is 35.4 Å². The van der Waals surface area contributed by atoms with E-state index >= 15 is 0 Å². The Morgan fingerprint density at radius 1 is 1.03 bits per heavy atom. The summed E-state index contributed by atoms with van der Waals surface area (Å²) in [5.74, 6) is -0.340. The fourth-order valence-electron chi connectivity index (χ4n) is 3.98. The molecule has 0 atom stereocenters. The molecule has 0 unspecified atom stereocenters. The third-order valence-corrected chi connectivity index (χ3v) is 5.69. The summed E-state index contributed by atoms with van der Waals surface area (Å²) in [6, 6.07) is 13.9. The first-order valence-corrected chi connectivity index (χ1v) is 10.2. The zero-order valence-corrected chi connectivity index (χ0v) is 17.1. The van der Waals surface area contributed by atoms with E-state index in [1.54, 1.807) is 0 Å². The zero-order chi connectivity index (χ0) is 21.3. The Bertz CT molecular complexity index is 1000. The summed E-state index contributed by atoms with van der Waals surface area (Å²) in [5, 5.41) is 6.62. The van der Waals surface area contributed by atoms with E-state index in [1.807, 2.05) is 65.9 Å². The minimum atomic E-state index is -4.08. The monoisotopic (exact) mass is 417 g/mol. The Balaban J connectivity index is 1.42. The number of benzene rings is 2. The maximum Gasteiger partial charge on any atom is 0.391 e. The molecule has 2 N–H and O–H groups in total. The number of fused-ring (bicyclic) bond motifs is 1. The Hall–Kier alpha value is -2.90. The van der Waals surface area contributed by atoms with Gasteiger partial charge >= 0.3 is 6.18 Å². The minimum Gasteiger partial charge on any atom is -0.372 e. The van der Waals surface area contributed by atoms with Crippen LogP contribution in [0.2, 0.25) is 0 Å². The van der Waals surface area contributed by atoms with Gasteiger partial charge in [0.05, 0.1) is 17.0 Å². The van der Waals surface area contributed by atoms with Crippen LogP contribution >= 0.6 is 0 Å². The van der Waals surface area contributed by atoms with Gasteiger partial charge in [0.25, 0.3) is 0 Å². The topological polar surface area (TPSA) is 45.1 Å². The molecule has 4 rings (SSSR count). The number of hydrogen-bond donors (Lipinski definition) is 2. The molecule has 1 fully saturated rings. The smallest absolute Gasteiger partial charge is 0.372 e. The van der Waals surface area contributed by atoms with E-state index in [2.05, 4.69) is 15.6 Å². The molecule has 1 saturated heterocycles. The Morgan fingerprint density at radius 3 is 2.33 bits per heavy atom. The fourth-order valence-corrected chi connectivity index (χ4v) is 3.98. The van der Waals surface area contributed by atoms with Gasteiger partial charge in [-0.25, -0.2) is 4.98 Å². The van der Waals surface area contributed by atoms with Crippen molar-refractivity contribution in [2.75, 3.05) is 35.2 Å². The van der Waals surface area contributed by atoms with Crippen LogP contribution in [-0.2, 0) is 7.05 Å². The summed E-state index contributed by atoms with van der Waals surface area (Å²) in [5.41, 5.74) is 4.77. The highest BCUT2D eigenvalue weighted by atomic mass is 19.4. The molecule has 3 aromatic rings. The second-order valence-corrected chi connectivity index (χ2v) is 7.70. The molecule has 1 aromatic heterocycles. The molecule has 30 heavy (non-hydrogen) atoms. The molecule has 0 amide bonds. The van der Waals surface area contributed by atoms with E-state index in [0.29, 0.717) is 13.1 Å². The van der Waals surface area contributed by atoms with Crippen LogP contribution in [0, 0.1) is 5.92 Å². The van der Waals surface area contributed by atoms with Gasteiger partial charge in [0.1, 0.15) is 0 Å². The lowest BCUT2D eigenvalue weighted by Gasteiger charge is -2.34. The maximum atomic E-state index is 12.9. The minimum absolute atomic E-state index is 0.155. The molecule has 160 valence electrons. The van der Waals surface area contributed by atoms with Gasteiger partial charge in [0.15, 0.2) is 0 Å². The first-order valence-electron chi connectivity index (χ1n) is 10.2. The lowest BCUT2D eigenvalue weighted by molar-refractivity contribution is -0.179. The van der Waals surface area contributed by atoms with Gasteiger partial charge in [-0.15, -0.1) is 0 Å². The van der Waals surface area contributed by atoms with Crippen molar-refractivity contribution in [3.63, 3.8) is 0 Å². The summed E-state index contributed by atoms with van der Waals surface area (Å²) in [6.45, 7) is 3.71. The number of rotatable bonds is 5. The van der Waals surface area contributed by atoms with Crippen LogP contribution in [0.25, 0.3) is 11.0 Å². The molecule has 1 aliphatic heterocycles. The van der Waals surface area contributed by atoms with Crippen LogP contribution in [0.4, 0.5) is 36.2 Å². The third kappa shape index (κ3) is 4.17. The lowest BCUT2D eigenvalue weighted by atomic mass is 9.96. The van der Waals surface area contributed by atoms with Crippen LogP contribution < -0.4 is 15.5 Å². The van der Waals surface area contributed by atoms with Crippen molar-refractivity contribution < 1.29 is 13.2 Å². The molecule has 5 nitrogen and oxygen atoms in total. The van der Waals surface area contributed by atoms with Gasteiger partial charge in [-0.3, -0.25) is 0 Å². The van der Waals surface area contributed by atoms with E-state index in [4.69, 9.17) is 0 Å². The summed E-state index contributed by atoms with van der Waals surface area (Å²) in [6.07, 6.45) is -3.77. The third-order valence-electron chi connectivity index (χ3n) is 5.69. The molecule has 0 radical (unpaired) electrons. The van der Waals surface area contributed by atoms with Gasteiger partial charge in [-0.05, 0) is 62.2 Å². The van der Waals surface area contributed by atoms with Crippen LogP contribution in [0.3, 0.4) is 0 Å². The maximum absolute atomic E-state index is 12.9. The van der Waals surface area contributed by atoms with E-state index in [9.17, 15) is 13.2 Å². The lowest BCUT2D eigenvalue weighted by Crippen LogP contribution is -2.38. The first kappa shape index (κ1) is 20.4. The second-order valence-electron chi connectivity index (χ2n) is 7.70. The number of aromatic nitrogens is 2. The van der Waals surface area contributed by atoms with Crippen molar-refractivity contribution in [3.05, 3.63) is 42.5 Å². The van der Waals surface area contributed by atoms with Gasteiger partial charge in [0, 0.05) is 43.7 Å². The van der Waals surface area contributed by atoms with Gasteiger partial charge in [0.2, 0.25) is 5.95 Å². The number of nitrogens with zero attached hydrogens (tertiary/aromatic N) is 3. The molecule has 2 aromatic carbocycles. The number of hydrogen-bond acceptors (Lipinski definition) is 4. The van der Waals surface area contributed by atoms with Crippen LogP contribution in [0.5, 0.6) is 0 Å². The molecule has 2 heterocycles. The predicted molar refractivity (Wildman–Crippen MR) is 116 cm³/mol. The van der Waals surface area contributed by atoms with E-state index in [1.165, 1.54) is 0 Å². The van der Waals surface area contributed by atoms with Gasteiger partial charge < -0.3 is 20.1 Å². The van der Waals surface area contributed by atoms with E-state index in [0.717, 1.165) is 40.6 Å². The standard InChI is InChI=1S/C22H26F3N5/c1-3-26-21-28-19-14-17(6-9-20(19)29(21)2)27-16-4-7-18(8-5-16)30-12-10-15(11-13-30)22(23,24)25/h4-9,14-15,27H,3,10-13H2,1-2H3,(H,26,28). The van der Waals surface area contributed by atoms with Gasteiger partial charge in [-0.2, -0.15) is 13.2 Å². The highest BCUT2D eigenvalue weighted by Crippen LogP contribution is 2.35. The number of anilines is 4. The number of imidazole rings is 1. The van der Waals surface area contributed by atoms with Crippen molar-refractivity contribution in [3.8, 4) is 0 Å². The molecular weight excluding hydrogens is 391 g/mol. The largest absolute Gasteiger partial charge is 0.391 e. The van der Waals surface area contributed by atoms with E-state index in [-0.39, 0.29) is 12.8 Å². The zero-order valence-electron chi connectivity index (χ0n) is 17.1. The van der Waals surface area contributed by atoms with Gasteiger partial charge in [-0.1, -0.05) is 0 Å². The summed E-state index contributed by atoms with van der Waals surface area (Å²) in [4.78, 5) is 6.65. The van der Waals surface area contributed by atoms with Crippen molar-refractivity contribution in [2.24, 2.45) is 13.0 Å². The summed E-state index contributed by atoms with van der Waals surface area (Å²) >= 11 is 0. The number of nitrogens with one attached hydrogen (secondary N) is 2. The fraction of sp³-hybridized carbons (Fsp3) is 0.409. The van der Waals surface area contributed by atoms with Crippen LogP contribution in [0.15, 0.2) is 42.5 Å². The number of aryl methyl sites for hydroxylation is 1. The molecule has 8 heteroatoms. The number of alkyl halides is 3. The molecule has 0 aliphatic carbocycles. The number of halogens is 3. The quantitative estimate of drug-likeness (QED) is 0.573. The molecule has 1 aliphatic rings. The Labute approximate surface area is 173 Å². The SMILES string of the molecule is CCNc1nc2cc(Nc3ccc(N4CCC(C(F)(F)F)CC4)cc3)ccc2n1C. The van der Waals surface area contributed by atoms with Crippen molar-refractivity contribution in [2.45, 2.75) is 25.9 Å². The van der Waals surface area contributed by atoms with Crippen molar-refractivity contribution in [1.29, 1.82) is 0 Å². The predicted octanol–water partition coefficient (Wildman–Crippen LogP) is 5.53. The Kier molecular flexibility index (Phi) is 5.49. The first-order chi connectivity index (χ1) is 14.3. The average Bonchev–Trinajstić information content (AvgIpc) is 3.03.